The second-order valence-corrected chi connectivity index (χ2v) is 4.56. The first-order valence-corrected chi connectivity index (χ1v) is 4.99. The van der Waals surface area contributed by atoms with Gasteiger partial charge in [-0.1, -0.05) is 53.5 Å². The number of carbonyl (C=O) groups is 1. The quantitative estimate of drug-likeness (QED) is 0.577. The standard InChI is InChI=1S/C10H8Cl2O2/c11-10(12,8-6-9(13)14-8)7-4-2-1-3-5-7/h1-5,8H,6H2/t8-/m0/s1. The Hall–Kier alpha value is -0.730. The number of benzene rings is 1. The van der Waals surface area contributed by atoms with Crippen LogP contribution in [0.1, 0.15) is 12.0 Å². The first-order valence-electron chi connectivity index (χ1n) is 4.23. The maximum atomic E-state index is 10.6. The molecule has 0 radical (unpaired) electrons. The number of alkyl halides is 2. The molecule has 0 N–H and O–H groups in total. The van der Waals surface area contributed by atoms with Crippen molar-refractivity contribution in [3.8, 4) is 0 Å². The van der Waals surface area contributed by atoms with Crippen LogP contribution < -0.4 is 0 Å². The van der Waals surface area contributed by atoms with Crippen LogP contribution in [-0.2, 0) is 13.9 Å². The summed E-state index contributed by atoms with van der Waals surface area (Å²) in [6, 6.07) is 9.18. The van der Waals surface area contributed by atoms with E-state index in [-0.39, 0.29) is 12.4 Å². The highest BCUT2D eigenvalue weighted by Gasteiger charge is 2.46. The van der Waals surface area contributed by atoms with E-state index in [1.807, 2.05) is 30.3 Å². The number of hydrogen-bond donors (Lipinski definition) is 0. The lowest BCUT2D eigenvalue weighted by Gasteiger charge is -2.35. The van der Waals surface area contributed by atoms with Crippen LogP contribution in [-0.4, -0.2) is 12.1 Å². The molecule has 1 fully saturated rings. The summed E-state index contributed by atoms with van der Waals surface area (Å²) in [5, 5.41) is 0. The normalized spacial score (nSPS) is 21.3. The van der Waals surface area contributed by atoms with Crippen LogP contribution in [0.4, 0.5) is 0 Å². The highest BCUT2D eigenvalue weighted by atomic mass is 35.5. The van der Waals surface area contributed by atoms with Gasteiger partial charge < -0.3 is 4.74 Å². The van der Waals surface area contributed by atoms with E-state index in [1.165, 1.54) is 0 Å². The van der Waals surface area contributed by atoms with E-state index in [1.54, 1.807) is 0 Å². The molecule has 1 heterocycles. The minimum absolute atomic E-state index is 0.253. The summed E-state index contributed by atoms with van der Waals surface area (Å²) < 4.78 is 3.73. The highest BCUT2D eigenvalue weighted by molar-refractivity contribution is 6.48. The Morgan fingerprint density at radius 2 is 1.86 bits per heavy atom. The Kier molecular flexibility index (Phi) is 2.41. The van der Waals surface area contributed by atoms with E-state index < -0.39 is 10.4 Å². The third-order valence-corrected chi connectivity index (χ3v) is 3.11. The van der Waals surface area contributed by atoms with E-state index in [4.69, 9.17) is 27.9 Å². The van der Waals surface area contributed by atoms with Crippen molar-refractivity contribution in [1.29, 1.82) is 0 Å². The average Bonchev–Trinajstić information content (AvgIpc) is 2.14. The van der Waals surface area contributed by atoms with Gasteiger partial charge in [0, 0.05) is 0 Å². The summed E-state index contributed by atoms with van der Waals surface area (Å²) in [5.41, 5.74) is 0.751. The van der Waals surface area contributed by atoms with Gasteiger partial charge in [0.25, 0.3) is 0 Å². The molecule has 0 saturated carbocycles. The first-order chi connectivity index (χ1) is 6.60. The predicted octanol–water partition coefficient (Wildman–Crippen LogP) is 2.63. The van der Waals surface area contributed by atoms with Crippen LogP contribution in [0.5, 0.6) is 0 Å². The molecule has 4 heteroatoms. The molecular formula is C10H8Cl2O2. The van der Waals surface area contributed by atoms with E-state index in [0.717, 1.165) is 5.56 Å². The van der Waals surface area contributed by atoms with Gasteiger partial charge in [0.2, 0.25) is 0 Å². The van der Waals surface area contributed by atoms with E-state index >= 15 is 0 Å². The molecule has 2 nitrogen and oxygen atoms in total. The summed E-state index contributed by atoms with van der Waals surface area (Å²) in [4.78, 5) is 10.6. The second kappa shape index (κ2) is 3.44. The van der Waals surface area contributed by atoms with Crippen LogP contribution in [0.25, 0.3) is 0 Å². The van der Waals surface area contributed by atoms with Crippen molar-refractivity contribution in [3.05, 3.63) is 35.9 Å². The molecule has 2 rings (SSSR count). The van der Waals surface area contributed by atoms with Gasteiger partial charge in [0.05, 0.1) is 6.42 Å². The third-order valence-electron chi connectivity index (χ3n) is 2.19. The van der Waals surface area contributed by atoms with Crippen molar-refractivity contribution in [3.63, 3.8) is 0 Å². The Bertz CT molecular complexity index is 340. The molecule has 1 aliphatic rings. The van der Waals surface area contributed by atoms with Crippen molar-refractivity contribution in [1.82, 2.24) is 0 Å². The van der Waals surface area contributed by atoms with E-state index in [0.29, 0.717) is 0 Å². The maximum absolute atomic E-state index is 10.6. The van der Waals surface area contributed by atoms with Gasteiger partial charge in [0.15, 0.2) is 4.33 Å². The van der Waals surface area contributed by atoms with Crippen LogP contribution in [0.15, 0.2) is 30.3 Å². The number of esters is 1. The number of cyclic esters (lactones) is 1. The van der Waals surface area contributed by atoms with Gasteiger partial charge in [-0.05, 0) is 5.56 Å². The van der Waals surface area contributed by atoms with Gasteiger partial charge >= 0.3 is 5.97 Å². The zero-order chi connectivity index (χ0) is 10.2. The molecule has 0 aliphatic carbocycles. The van der Waals surface area contributed by atoms with E-state index in [2.05, 4.69) is 0 Å². The molecule has 0 amide bonds. The summed E-state index contributed by atoms with van der Waals surface area (Å²) in [6.45, 7) is 0. The topological polar surface area (TPSA) is 26.3 Å². The van der Waals surface area contributed by atoms with Gasteiger partial charge in [-0.15, -0.1) is 0 Å². The molecule has 1 aromatic carbocycles. The minimum atomic E-state index is -1.13. The molecule has 1 atom stereocenters. The van der Waals surface area contributed by atoms with Crippen LogP contribution >= 0.6 is 23.2 Å². The van der Waals surface area contributed by atoms with Crippen LogP contribution in [0.3, 0.4) is 0 Å². The van der Waals surface area contributed by atoms with E-state index in [9.17, 15) is 4.79 Å². The van der Waals surface area contributed by atoms with Gasteiger partial charge in [0.1, 0.15) is 6.10 Å². The Morgan fingerprint density at radius 3 is 2.36 bits per heavy atom. The highest BCUT2D eigenvalue weighted by Crippen LogP contribution is 2.43. The molecule has 0 bridgehead atoms. The Morgan fingerprint density at radius 1 is 1.29 bits per heavy atom. The largest absolute Gasteiger partial charge is 0.458 e. The minimum Gasteiger partial charge on any atom is -0.458 e. The molecular weight excluding hydrogens is 223 g/mol. The van der Waals surface area contributed by atoms with Crippen molar-refractivity contribution < 1.29 is 9.53 Å². The van der Waals surface area contributed by atoms with Crippen LogP contribution in [0.2, 0.25) is 0 Å². The SMILES string of the molecule is O=C1C[C@@H](C(Cl)(Cl)c2ccccc2)O1. The van der Waals surface area contributed by atoms with Crippen molar-refractivity contribution >= 4 is 29.2 Å². The summed E-state index contributed by atoms with van der Waals surface area (Å²) in [7, 11) is 0. The van der Waals surface area contributed by atoms with Crippen molar-refractivity contribution in [2.45, 2.75) is 16.9 Å². The van der Waals surface area contributed by atoms with Gasteiger partial charge in [-0.3, -0.25) is 4.79 Å². The lowest BCUT2D eigenvalue weighted by molar-refractivity contribution is -0.170. The zero-order valence-electron chi connectivity index (χ0n) is 7.24. The summed E-state index contributed by atoms with van der Waals surface area (Å²) in [6.07, 6.45) is -0.150. The van der Waals surface area contributed by atoms with Gasteiger partial charge in [-0.2, -0.15) is 0 Å². The van der Waals surface area contributed by atoms with Crippen molar-refractivity contribution in [2.75, 3.05) is 0 Å². The molecule has 0 unspecified atom stereocenters. The lowest BCUT2D eigenvalue weighted by atomic mass is 10.0. The van der Waals surface area contributed by atoms with Crippen molar-refractivity contribution in [2.24, 2.45) is 0 Å². The number of hydrogen-bond acceptors (Lipinski definition) is 2. The molecule has 14 heavy (non-hydrogen) atoms. The Balaban J connectivity index is 2.20. The molecule has 1 saturated heterocycles. The monoisotopic (exact) mass is 230 g/mol. The summed E-state index contributed by atoms with van der Waals surface area (Å²) >= 11 is 12.2. The van der Waals surface area contributed by atoms with Crippen LogP contribution in [0, 0.1) is 0 Å². The number of halogens is 2. The molecule has 0 spiro atoms. The number of carbonyl (C=O) groups excluding carboxylic acids is 1. The first kappa shape index (κ1) is 9.81. The molecule has 1 aliphatic heterocycles. The second-order valence-electron chi connectivity index (χ2n) is 3.17. The Labute approximate surface area is 91.8 Å². The fourth-order valence-electron chi connectivity index (χ4n) is 1.35. The summed E-state index contributed by atoms with van der Waals surface area (Å²) in [5.74, 6) is -0.253. The zero-order valence-corrected chi connectivity index (χ0v) is 8.76. The number of rotatable bonds is 2. The predicted molar refractivity (Wildman–Crippen MR) is 54.3 cm³/mol. The fraction of sp³-hybridized carbons (Fsp3) is 0.300. The molecule has 1 aromatic rings. The number of ether oxygens (including phenoxy) is 1. The lowest BCUT2D eigenvalue weighted by Crippen LogP contribution is -2.43. The van der Waals surface area contributed by atoms with Gasteiger partial charge in [-0.25, -0.2) is 0 Å². The average molecular weight is 231 g/mol. The third kappa shape index (κ3) is 1.60. The smallest absolute Gasteiger partial charge is 0.310 e. The molecule has 0 aromatic heterocycles. The molecule has 74 valence electrons. The fourth-order valence-corrected chi connectivity index (χ4v) is 1.84. The maximum Gasteiger partial charge on any atom is 0.310 e.